The zero-order chi connectivity index (χ0) is 13.2. The maximum atomic E-state index is 10.7. The van der Waals surface area contributed by atoms with Crippen LogP contribution in [0.1, 0.15) is 0 Å². The van der Waals surface area contributed by atoms with Crippen LogP contribution in [0.2, 0.25) is 0 Å². The van der Waals surface area contributed by atoms with Crippen molar-refractivity contribution in [1.82, 2.24) is 20.6 Å². The Morgan fingerprint density at radius 1 is 1.21 bits per heavy atom. The topological polar surface area (TPSA) is 111 Å². The van der Waals surface area contributed by atoms with E-state index in [1.54, 1.807) is 24.3 Å². The van der Waals surface area contributed by atoms with Crippen molar-refractivity contribution in [3.05, 3.63) is 46.5 Å². The van der Waals surface area contributed by atoms with Gasteiger partial charge < -0.3 is 4.42 Å². The van der Waals surface area contributed by atoms with Gasteiger partial charge in [-0.3, -0.25) is 10.1 Å². The van der Waals surface area contributed by atoms with Crippen LogP contribution in [0.4, 0.5) is 5.69 Å². The maximum absolute atomic E-state index is 10.7. The molecule has 0 aliphatic heterocycles. The van der Waals surface area contributed by atoms with E-state index in [4.69, 9.17) is 4.42 Å². The van der Waals surface area contributed by atoms with Crippen molar-refractivity contribution >= 4 is 5.69 Å². The van der Waals surface area contributed by atoms with Gasteiger partial charge in [0.1, 0.15) is 5.76 Å². The average Bonchev–Trinajstić information content (AvgIpc) is 3.09. The van der Waals surface area contributed by atoms with E-state index in [0.29, 0.717) is 22.9 Å². The average molecular weight is 257 g/mol. The maximum Gasteiger partial charge on any atom is 0.270 e. The van der Waals surface area contributed by atoms with E-state index in [-0.39, 0.29) is 5.69 Å². The number of nitrogens with one attached hydrogen (secondary N) is 1. The Morgan fingerprint density at radius 3 is 2.79 bits per heavy atom. The van der Waals surface area contributed by atoms with E-state index in [1.165, 1.54) is 12.1 Å². The van der Waals surface area contributed by atoms with Crippen LogP contribution in [-0.2, 0) is 0 Å². The van der Waals surface area contributed by atoms with Gasteiger partial charge in [0.2, 0.25) is 5.82 Å². The highest BCUT2D eigenvalue weighted by Gasteiger charge is 2.12. The van der Waals surface area contributed by atoms with Gasteiger partial charge in [-0.2, -0.15) is 5.21 Å². The molecule has 94 valence electrons. The van der Waals surface area contributed by atoms with Crippen LogP contribution in [-0.4, -0.2) is 25.5 Å². The minimum atomic E-state index is -0.452. The molecule has 0 atom stereocenters. The van der Waals surface area contributed by atoms with Gasteiger partial charge >= 0.3 is 0 Å². The predicted molar refractivity (Wildman–Crippen MR) is 64.0 cm³/mol. The van der Waals surface area contributed by atoms with Crippen LogP contribution in [0, 0.1) is 10.1 Å². The molecular weight excluding hydrogens is 250 g/mol. The molecule has 0 amide bonds. The van der Waals surface area contributed by atoms with Gasteiger partial charge in [0, 0.05) is 17.7 Å². The summed E-state index contributed by atoms with van der Waals surface area (Å²) >= 11 is 0. The van der Waals surface area contributed by atoms with E-state index < -0.39 is 4.92 Å². The van der Waals surface area contributed by atoms with Gasteiger partial charge in [-0.1, -0.05) is 12.1 Å². The molecule has 0 radical (unpaired) electrons. The van der Waals surface area contributed by atoms with E-state index >= 15 is 0 Å². The number of aromatic amines is 1. The first-order chi connectivity index (χ1) is 9.24. The molecule has 1 aromatic carbocycles. The molecule has 0 unspecified atom stereocenters. The second-order valence-corrected chi connectivity index (χ2v) is 3.71. The summed E-state index contributed by atoms with van der Waals surface area (Å²) in [5.41, 5.74) is 0.624. The van der Waals surface area contributed by atoms with Crippen LogP contribution < -0.4 is 0 Å². The molecule has 0 aliphatic carbocycles. The molecular formula is C11H7N5O3. The van der Waals surface area contributed by atoms with Gasteiger partial charge in [-0.05, 0) is 17.3 Å². The molecule has 0 saturated heterocycles. The minimum Gasteiger partial charge on any atom is -0.453 e. The number of rotatable bonds is 3. The van der Waals surface area contributed by atoms with E-state index in [1.807, 2.05) is 0 Å². The number of tetrazole rings is 1. The van der Waals surface area contributed by atoms with Crippen molar-refractivity contribution in [3.63, 3.8) is 0 Å². The molecule has 8 heteroatoms. The van der Waals surface area contributed by atoms with Gasteiger partial charge in [0.05, 0.1) is 4.92 Å². The zero-order valence-electron chi connectivity index (χ0n) is 9.48. The largest absolute Gasteiger partial charge is 0.453 e. The number of furan rings is 1. The third-order valence-corrected chi connectivity index (χ3v) is 2.51. The van der Waals surface area contributed by atoms with Crippen molar-refractivity contribution < 1.29 is 9.34 Å². The fourth-order valence-corrected chi connectivity index (χ4v) is 1.65. The summed E-state index contributed by atoms with van der Waals surface area (Å²) in [5, 5.41) is 24.1. The van der Waals surface area contributed by atoms with Crippen molar-refractivity contribution in [1.29, 1.82) is 0 Å². The first-order valence-corrected chi connectivity index (χ1v) is 5.32. The number of hydrogen-bond acceptors (Lipinski definition) is 6. The normalized spacial score (nSPS) is 10.5. The van der Waals surface area contributed by atoms with Gasteiger partial charge in [-0.25, -0.2) is 0 Å². The number of benzene rings is 1. The molecule has 0 fully saturated rings. The second-order valence-electron chi connectivity index (χ2n) is 3.71. The van der Waals surface area contributed by atoms with Crippen LogP contribution in [0.3, 0.4) is 0 Å². The van der Waals surface area contributed by atoms with Crippen LogP contribution >= 0.6 is 0 Å². The number of nitrogens with zero attached hydrogens (tertiary/aromatic N) is 4. The predicted octanol–water partition coefficient (Wildman–Crippen LogP) is 2.03. The number of hydrogen-bond donors (Lipinski definition) is 1. The Kier molecular flexibility index (Phi) is 2.53. The summed E-state index contributed by atoms with van der Waals surface area (Å²) in [7, 11) is 0. The highest BCUT2D eigenvalue weighted by atomic mass is 16.6. The quantitative estimate of drug-likeness (QED) is 0.567. The minimum absolute atomic E-state index is 0.00927. The molecule has 19 heavy (non-hydrogen) atoms. The highest BCUT2D eigenvalue weighted by Crippen LogP contribution is 2.28. The molecule has 2 aromatic heterocycles. The molecule has 8 nitrogen and oxygen atoms in total. The summed E-state index contributed by atoms with van der Waals surface area (Å²) in [4.78, 5) is 10.3. The monoisotopic (exact) mass is 257 g/mol. The van der Waals surface area contributed by atoms with Crippen LogP contribution in [0.25, 0.3) is 22.9 Å². The van der Waals surface area contributed by atoms with Crippen molar-refractivity contribution in [3.8, 4) is 22.9 Å². The number of H-pyrrole nitrogens is 1. The molecule has 0 saturated carbocycles. The standard InChI is InChI=1S/C11H7N5O3/c17-16(18)8-3-1-2-7(6-8)9-4-5-10(19-9)11-12-14-15-13-11/h1-6H,(H,12,13,14,15). The zero-order valence-corrected chi connectivity index (χ0v) is 9.48. The Balaban J connectivity index is 1.99. The molecule has 1 N–H and O–H groups in total. The van der Waals surface area contributed by atoms with Crippen molar-refractivity contribution in [2.45, 2.75) is 0 Å². The molecule has 2 heterocycles. The summed E-state index contributed by atoms with van der Waals surface area (Å²) < 4.78 is 5.54. The first kappa shape index (κ1) is 11.1. The Hall–Kier alpha value is -3.03. The van der Waals surface area contributed by atoms with Gasteiger partial charge in [0.15, 0.2) is 5.76 Å². The fraction of sp³-hybridized carbons (Fsp3) is 0. The van der Waals surface area contributed by atoms with Gasteiger partial charge in [0.25, 0.3) is 5.69 Å². The lowest BCUT2D eigenvalue weighted by molar-refractivity contribution is -0.384. The Labute approximate surface area is 106 Å². The van der Waals surface area contributed by atoms with Crippen LogP contribution in [0.5, 0.6) is 0 Å². The lowest BCUT2D eigenvalue weighted by Gasteiger charge is -1.96. The summed E-state index contributed by atoms with van der Waals surface area (Å²) in [6.45, 7) is 0. The number of nitro groups is 1. The lowest BCUT2D eigenvalue weighted by Crippen LogP contribution is -1.87. The summed E-state index contributed by atoms with van der Waals surface area (Å²) in [6, 6.07) is 9.57. The molecule has 0 aliphatic rings. The van der Waals surface area contributed by atoms with Crippen molar-refractivity contribution in [2.24, 2.45) is 0 Å². The van der Waals surface area contributed by atoms with E-state index in [9.17, 15) is 10.1 Å². The first-order valence-electron chi connectivity index (χ1n) is 5.32. The molecule has 3 rings (SSSR count). The number of nitro benzene ring substituents is 1. The third kappa shape index (κ3) is 2.06. The second kappa shape index (κ2) is 4.33. The summed E-state index contributed by atoms with van der Waals surface area (Å²) in [6.07, 6.45) is 0. The molecule has 0 bridgehead atoms. The SMILES string of the molecule is O=[N+]([O-])c1cccc(-c2ccc(-c3nn[nH]n3)o2)c1. The number of non-ortho nitro benzene ring substituents is 1. The highest BCUT2D eigenvalue weighted by molar-refractivity contribution is 5.63. The number of aromatic nitrogens is 4. The molecule has 3 aromatic rings. The third-order valence-electron chi connectivity index (χ3n) is 2.51. The molecule has 0 spiro atoms. The van der Waals surface area contributed by atoms with Crippen molar-refractivity contribution in [2.75, 3.05) is 0 Å². The Morgan fingerprint density at radius 2 is 2.05 bits per heavy atom. The van der Waals surface area contributed by atoms with Crippen LogP contribution in [0.15, 0.2) is 40.8 Å². The fourth-order valence-electron chi connectivity index (χ4n) is 1.65. The van der Waals surface area contributed by atoms with E-state index in [2.05, 4.69) is 20.6 Å². The lowest BCUT2D eigenvalue weighted by atomic mass is 10.1. The van der Waals surface area contributed by atoms with E-state index in [0.717, 1.165) is 0 Å². The Bertz CT molecular complexity index is 720. The summed E-state index contributed by atoms with van der Waals surface area (Å²) in [5.74, 6) is 1.27. The van der Waals surface area contributed by atoms with Gasteiger partial charge in [-0.15, -0.1) is 10.2 Å². The smallest absolute Gasteiger partial charge is 0.270 e.